The van der Waals surface area contributed by atoms with Crippen molar-refractivity contribution in [2.75, 3.05) is 18.0 Å². The number of carbonyl (C=O) groups excluding carboxylic acids is 1. The molecule has 0 aliphatic heterocycles. The monoisotopic (exact) mass is 264 g/mol. The Balaban J connectivity index is 3.04. The second-order valence-corrected chi connectivity index (χ2v) is 4.74. The van der Waals surface area contributed by atoms with Gasteiger partial charge < -0.3 is 15.7 Å². The third kappa shape index (κ3) is 4.06. The summed E-state index contributed by atoms with van der Waals surface area (Å²) in [6.45, 7) is 3.66. The number of nitrogens with zero attached hydrogens (tertiary/aromatic N) is 1. The Labute approximate surface area is 113 Å². The molecule has 1 atom stereocenters. The quantitative estimate of drug-likeness (QED) is 0.812. The lowest BCUT2D eigenvalue weighted by atomic mass is 9.94. The van der Waals surface area contributed by atoms with Gasteiger partial charge in [-0.1, -0.05) is 32.0 Å². The molecule has 0 aliphatic rings. The number of hydrogen-bond donors (Lipinski definition) is 2. The van der Waals surface area contributed by atoms with Crippen molar-refractivity contribution in [2.24, 2.45) is 17.6 Å². The van der Waals surface area contributed by atoms with E-state index in [1.165, 1.54) is 4.90 Å². The summed E-state index contributed by atoms with van der Waals surface area (Å²) >= 11 is 0. The molecule has 0 bridgehead atoms. The van der Waals surface area contributed by atoms with Gasteiger partial charge in [-0.3, -0.25) is 9.59 Å². The smallest absolute Gasteiger partial charge is 0.323 e. The highest BCUT2D eigenvalue weighted by atomic mass is 16.4. The molecule has 0 spiro atoms. The van der Waals surface area contributed by atoms with Crippen LogP contribution in [0.15, 0.2) is 30.3 Å². The van der Waals surface area contributed by atoms with Crippen LogP contribution in [0.3, 0.4) is 0 Å². The zero-order valence-electron chi connectivity index (χ0n) is 11.2. The average Bonchev–Trinajstić information content (AvgIpc) is 2.37. The van der Waals surface area contributed by atoms with E-state index in [-0.39, 0.29) is 30.8 Å². The fraction of sp³-hybridized carbons (Fsp3) is 0.429. The predicted molar refractivity (Wildman–Crippen MR) is 73.8 cm³/mol. The van der Waals surface area contributed by atoms with E-state index in [1.807, 2.05) is 19.9 Å². The first-order valence-corrected chi connectivity index (χ1v) is 6.25. The number of rotatable bonds is 6. The molecule has 0 saturated carbocycles. The van der Waals surface area contributed by atoms with E-state index in [2.05, 4.69) is 0 Å². The van der Waals surface area contributed by atoms with Gasteiger partial charge in [-0.15, -0.1) is 0 Å². The van der Waals surface area contributed by atoms with Crippen molar-refractivity contribution >= 4 is 17.6 Å². The molecule has 0 saturated heterocycles. The van der Waals surface area contributed by atoms with Crippen molar-refractivity contribution in [3.63, 3.8) is 0 Å². The number of hydrogen-bond acceptors (Lipinski definition) is 3. The van der Waals surface area contributed by atoms with E-state index in [1.54, 1.807) is 24.3 Å². The van der Waals surface area contributed by atoms with Gasteiger partial charge in [-0.25, -0.2) is 0 Å². The molecule has 0 heterocycles. The van der Waals surface area contributed by atoms with Crippen LogP contribution in [0.4, 0.5) is 5.69 Å². The highest BCUT2D eigenvalue weighted by Gasteiger charge is 2.28. The largest absolute Gasteiger partial charge is 0.480 e. The van der Waals surface area contributed by atoms with Crippen LogP contribution in [0, 0.1) is 11.8 Å². The van der Waals surface area contributed by atoms with Crippen molar-refractivity contribution in [1.82, 2.24) is 0 Å². The van der Waals surface area contributed by atoms with Crippen molar-refractivity contribution in [3.05, 3.63) is 30.3 Å². The minimum absolute atomic E-state index is 0.0671. The maximum atomic E-state index is 12.4. The van der Waals surface area contributed by atoms with Gasteiger partial charge in [0.1, 0.15) is 6.54 Å². The Morgan fingerprint density at radius 2 is 1.84 bits per heavy atom. The summed E-state index contributed by atoms with van der Waals surface area (Å²) in [7, 11) is 0. The summed E-state index contributed by atoms with van der Waals surface area (Å²) in [5, 5.41) is 8.96. The maximum absolute atomic E-state index is 12.4. The topological polar surface area (TPSA) is 83.6 Å². The molecule has 5 nitrogen and oxygen atoms in total. The van der Waals surface area contributed by atoms with E-state index in [0.717, 1.165) is 0 Å². The minimum atomic E-state index is -1.04. The molecule has 0 aromatic heterocycles. The minimum Gasteiger partial charge on any atom is -0.480 e. The van der Waals surface area contributed by atoms with Crippen LogP contribution in [0.5, 0.6) is 0 Å². The first kappa shape index (κ1) is 15.2. The number of anilines is 1. The summed E-state index contributed by atoms with van der Waals surface area (Å²) in [6, 6.07) is 8.79. The SMILES string of the molecule is CC(C)C(CN)C(=O)N(CC(=O)O)c1ccccc1. The van der Waals surface area contributed by atoms with E-state index in [9.17, 15) is 9.59 Å². The molecule has 1 rings (SSSR count). The van der Waals surface area contributed by atoms with Crippen molar-refractivity contribution in [1.29, 1.82) is 0 Å². The summed E-state index contributed by atoms with van der Waals surface area (Å²) in [5.74, 6) is -1.60. The standard InChI is InChI=1S/C14H20N2O3/c1-10(2)12(8-15)14(19)16(9-13(17)18)11-6-4-3-5-7-11/h3-7,10,12H,8-9,15H2,1-2H3,(H,17,18). The molecule has 104 valence electrons. The Kier molecular flexibility index (Phi) is 5.51. The molecular weight excluding hydrogens is 244 g/mol. The fourth-order valence-electron chi connectivity index (χ4n) is 1.90. The highest BCUT2D eigenvalue weighted by Crippen LogP contribution is 2.19. The first-order valence-electron chi connectivity index (χ1n) is 6.25. The molecule has 1 aromatic carbocycles. The van der Waals surface area contributed by atoms with Gasteiger partial charge in [-0.05, 0) is 18.1 Å². The van der Waals surface area contributed by atoms with Gasteiger partial charge in [0.15, 0.2) is 0 Å². The third-order valence-electron chi connectivity index (χ3n) is 3.00. The Hall–Kier alpha value is -1.88. The molecule has 5 heteroatoms. The number of aliphatic carboxylic acids is 1. The molecule has 1 aromatic rings. The number of carbonyl (C=O) groups is 2. The summed E-state index contributed by atoms with van der Waals surface area (Å²) in [4.78, 5) is 24.7. The number of benzene rings is 1. The molecule has 0 fully saturated rings. The molecule has 0 radical (unpaired) electrons. The van der Waals surface area contributed by atoms with E-state index < -0.39 is 5.97 Å². The van der Waals surface area contributed by atoms with Crippen LogP contribution in [0.25, 0.3) is 0 Å². The summed E-state index contributed by atoms with van der Waals surface area (Å²) in [5.41, 5.74) is 6.20. The lowest BCUT2D eigenvalue weighted by Gasteiger charge is -2.27. The van der Waals surface area contributed by atoms with Gasteiger partial charge in [0.25, 0.3) is 0 Å². The van der Waals surface area contributed by atoms with Gasteiger partial charge in [-0.2, -0.15) is 0 Å². The van der Waals surface area contributed by atoms with Gasteiger partial charge in [0, 0.05) is 12.2 Å². The lowest BCUT2D eigenvalue weighted by molar-refractivity contribution is -0.137. The van der Waals surface area contributed by atoms with Crippen molar-refractivity contribution in [3.8, 4) is 0 Å². The second-order valence-electron chi connectivity index (χ2n) is 4.74. The average molecular weight is 264 g/mol. The van der Waals surface area contributed by atoms with Crippen molar-refractivity contribution < 1.29 is 14.7 Å². The van der Waals surface area contributed by atoms with Gasteiger partial charge in [0.2, 0.25) is 5.91 Å². The number of carboxylic acid groups (broad SMARTS) is 1. The maximum Gasteiger partial charge on any atom is 0.323 e. The number of amides is 1. The Morgan fingerprint density at radius 3 is 2.26 bits per heavy atom. The van der Waals surface area contributed by atoms with Crippen LogP contribution >= 0.6 is 0 Å². The zero-order chi connectivity index (χ0) is 14.4. The van der Waals surface area contributed by atoms with Crippen LogP contribution in [-0.4, -0.2) is 30.1 Å². The van der Waals surface area contributed by atoms with Crippen LogP contribution in [-0.2, 0) is 9.59 Å². The fourth-order valence-corrected chi connectivity index (χ4v) is 1.90. The Morgan fingerprint density at radius 1 is 1.26 bits per heavy atom. The first-order chi connectivity index (χ1) is 8.97. The van der Waals surface area contributed by atoms with Gasteiger partial charge >= 0.3 is 5.97 Å². The zero-order valence-corrected chi connectivity index (χ0v) is 11.2. The number of para-hydroxylation sites is 1. The molecule has 1 amide bonds. The lowest BCUT2D eigenvalue weighted by Crippen LogP contribution is -2.44. The summed E-state index contributed by atoms with van der Waals surface area (Å²) in [6.07, 6.45) is 0. The predicted octanol–water partition coefficient (Wildman–Crippen LogP) is 1.34. The van der Waals surface area contributed by atoms with E-state index in [0.29, 0.717) is 5.69 Å². The van der Waals surface area contributed by atoms with Crippen LogP contribution in [0.1, 0.15) is 13.8 Å². The Bertz CT molecular complexity index is 432. The number of nitrogens with two attached hydrogens (primary N) is 1. The number of carboxylic acids is 1. The molecule has 1 unspecified atom stereocenters. The molecule has 3 N–H and O–H groups in total. The van der Waals surface area contributed by atoms with Crippen LogP contribution < -0.4 is 10.6 Å². The van der Waals surface area contributed by atoms with E-state index in [4.69, 9.17) is 10.8 Å². The second kappa shape index (κ2) is 6.89. The third-order valence-corrected chi connectivity index (χ3v) is 3.00. The van der Waals surface area contributed by atoms with Crippen molar-refractivity contribution in [2.45, 2.75) is 13.8 Å². The molecule has 0 aliphatic carbocycles. The highest BCUT2D eigenvalue weighted by molar-refractivity contribution is 5.98. The molecule has 19 heavy (non-hydrogen) atoms. The van der Waals surface area contributed by atoms with Crippen LogP contribution in [0.2, 0.25) is 0 Å². The van der Waals surface area contributed by atoms with E-state index >= 15 is 0 Å². The normalized spacial score (nSPS) is 12.2. The summed E-state index contributed by atoms with van der Waals surface area (Å²) < 4.78 is 0. The van der Waals surface area contributed by atoms with Gasteiger partial charge in [0.05, 0.1) is 5.92 Å². The molecular formula is C14H20N2O3.